The summed E-state index contributed by atoms with van der Waals surface area (Å²) in [6, 6.07) is 0. The number of nitrogens with zero attached hydrogens (tertiary/aromatic N) is 1. The molecule has 0 aliphatic carbocycles. The van der Waals surface area contributed by atoms with Gasteiger partial charge in [0.25, 0.3) is 0 Å². The van der Waals surface area contributed by atoms with E-state index in [-0.39, 0.29) is 5.60 Å². The topological polar surface area (TPSA) is 32.7 Å². The maximum absolute atomic E-state index is 9.04. The van der Waals surface area contributed by atoms with E-state index >= 15 is 0 Å². The number of ether oxygens (including phenoxy) is 1. The predicted molar refractivity (Wildman–Crippen MR) is 35.9 cm³/mol. The van der Waals surface area contributed by atoms with E-state index in [1.165, 1.54) is 11.5 Å². The molecule has 0 aromatic rings. The van der Waals surface area contributed by atoms with Gasteiger partial charge in [0.2, 0.25) is 0 Å². The second-order valence-corrected chi connectivity index (χ2v) is 3.24. The molecular formula is C7H13NO2. The van der Waals surface area contributed by atoms with Gasteiger partial charge in [0.15, 0.2) is 0 Å². The highest BCUT2D eigenvalue weighted by atomic mass is 16.5. The van der Waals surface area contributed by atoms with Crippen molar-refractivity contribution in [1.29, 1.82) is 0 Å². The minimum absolute atomic E-state index is 0.180. The molecule has 1 N–H and O–H groups in total. The fourth-order valence-electron chi connectivity index (χ4n) is 1.69. The Hall–Kier alpha value is -0.120. The minimum Gasteiger partial charge on any atom is -0.375 e. The van der Waals surface area contributed by atoms with Gasteiger partial charge in [-0.25, -0.2) is 0 Å². The summed E-state index contributed by atoms with van der Waals surface area (Å²) in [6.07, 6.45) is 3.20. The summed E-state index contributed by atoms with van der Waals surface area (Å²) in [4.78, 5) is 0. The summed E-state index contributed by atoms with van der Waals surface area (Å²) in [5.74, 6) is 0. The molecule has 0 radical (unpaired) electrons. The highest BCUT2D eigenvalue weighted by Crippen LogP contribution is 2.35. The van der Waals surface area contributed by atoms with Crippen molar-refractivity contribution < 1.29 is 9.94 Å². The third-order valence-electron chi connectivity index (χ3n) is 2.62. The largest absolute Gasteiger partial charge is 0.375 e. The van der Waals surface area contributed by atoms with E-state index in [9.17, 15) is 0 Å². The van der Waals surface area contributed by atoms with Crippen molar-refractivity contribution in [3.63, 3.8) is 0 Å². The first-order valence-electron chi connectivity index (χ1n) is 3.89. The van der Waals surface area contributed by atoms with Gasteiger partial charge in [-0.15, -0.1) is 0 Å². The Labute approximate surface area is 60.5 Å². The van der Waals surface area contributed by atoms with Crippen LogP contribution in [-0.2, 0) is 4.74 Å². The molecule has 2 fully saturated rings. The van der Waals surface area contributed by atoms with Crippen LogP contribution < -0.4 is 0 Å². The summed E-state index contributed by atoms with van der Waals surface area (Å²) in [5.41, 5.74) is 0.180. The molecule has 3 nitrogen and oxygen atoms in total. The van der Waals surface area contributed by atoms with Crippen molar-refractivity contribution in [2.24, 2.45) is 0 Å². The van der Waals surface area contributed by atoms with E-state index in [4.69, 9.17) is 9.94 Å². The molecule has 0 amide bonds. The predicted octanol–water partition coefficient (Wildman–Crippen LogP) is 0.631. The number of hydrogen-bond acceptors (Lipinski definition) is 3. The van der Waals surface area contributed by atoms with Crippen LogP contribution in [0, 0.1) is 0 Å². The molecule has 2 rings (SSSR count). The van der Waals surface area contributed by atoms with Crippen molar-refractivity contribution >= 4 is 0 Å². The van der Waals surface area contributed by atoms with Crippen molar-refractivity contribution in [1.82, 2.24) is 5.06 Å². The van der Waals surface area contributed by atoms with Gasteiger partial charge >= 0.3 is 0 Å². The average molecular weight is 143 g/mol. The van der Waals surface area contributed by atoms with Crippen LogP contribution in [0.25, 0.3) is 0 Å². The zero-order valence-corrected chi connectivity index (χ0v) is 6.05. The summed E-state index contributed by atoms with van der Waals surface area (Å²) in [7, 11) is 0. The van der Waals surface area contributed by atoms with E-state index in [0.717, 1.165) is 32.5 Å². The number of hydroxylamine groups is 2. The summed E-state index contributed by atoms with van der Waals surface area (Å²) < 4.78 is 5.47. The van der Waals surface area contributed by atoms with Crippen molar-refractivity contribution in [3.05, 3.63) is 0 Å². The highest BCUT2D eigenvalue weighted by molar-refractivity contribution is 4.90. The molecule has 0 bridgehead atoms. The molecule has 2 aliphatic heterocycles. The molecule has 0 atom stereocenters. The molecular weight excluding hydrogens is 130 g/mol. The van der Waals surface area contributed by atoms with Crippen LogP contribution >= 0.6 is 0 Å². The summed E-state index contributed by atoms with van der Waals surface area (Å²) >= 11 is 0. The first-order chi connectivity index (χ1) is 4.81. The van der Waals surface area contributed by atoms with Crippen LogP contribution in [0.4, 0.5) is 0 Å². The maximum atomic E-state index is 9.04. The average Bonchev–Trinajstić information content (AvgIpc) is 1.86. The standard InChI is InChI=1S/C7H13NO2/c9-8-4-1-7(2-5-8)3-6-10-7/h9H,1-6H2. The molecule has 10 heavy (non-hydrogen) atoms. The molecule has 1 spiro atoms. The molecule has 0 aromatic carbocycles. The van der Waals surface area contributed by atoms with Crippen LogP contribution in [0.1, 0.15) is 19.3 Å². The fourth-order valence-corrected chi connectivity index (χ4v) is 1.69. The van der Waals surface area contributed by atoms with Gasteiger partial charge in [0.1, 0.15) is 0 Å². The highest BCUT2D eigenvalue weighted by Gasteiger charge is 2.40. The molecule has 0 unspecified atom stereocenters. The number of rotatable bonds is 0. The molecule has 0 aromatic heterocycles. The Morgan fingerprint density at radius 3 is 2.20 bits per heavy atom. The Morgan fingerprint density at radius 1 is 1.20 bits per heavy atom. The third kappa shape index (κ3) is 0.944. The lowest BCUT2D eigenvalue weighted by Gasteiger charge is -2.46. The van der Waals surface area contributed by atoms with Crippen LogP contribution in [0.2, 0.25) is 0 Å². The zero-order chi connectivity index (χ0) is 7.03. The first-order valence-corrected chi connectivity index (χ1v) is 3.89. The number of piperidine rings is 1. The van der Waals surface area contributed by atoms with Crippen molar-refractivity contribution in [3.8, 4) is 0 Å². The van der Waals surface area contributed by atoms with E-state index in [2.05, 4.69) is 0 Å². The molecule has 2 aliphatic rings. The van der Waals surface area contributed by atoms with Gasteiger partial charge in [0.05, 0.1) is 12.2 Å². The van der Waals surface area contributed by atoms with Crippen LogP contribution in [0.3, 0.4) is 0 Å². The normalized spacial score (nSPS) is 32.1. The molecule has 3 heteroatoms. The second kappa shape index (κ2) is 2.19. The smallest absolute Gasteiger partial charge is 0.0730 e. The Morgan fingerprint density at radius 2 is 1.80 bits per heavy atom. The molecule has 2 saturated heterocycles. The van der Waals surface area contributed by atoms with Crippen LogP contribution in [-0.4, -0.2) is 35.6 Å². The van der Waals surface area contributed by atoms with Gasteiger partial charge in [-0.05, 0) is 19.3 Å². The molecule has 0 saturated carbocycles. The monoisotopic (exact) mass is 143 g/mol. The maximum Gasteiger partial charge on any atom is 0.0730 e. The lowest BCUT2D eigenvalue weighted by Crippen LogP contribution is -2.51. The fraction of sp³-hybridized carbons (Fsp3) is 1.00. The van der Waals surface area contributed by atoms with E-state index in [1.54, 1.807) is 0 Å². The van der Waals surface area contributed by atoms with Gasteiger partial charge in [-0.1, -0.05) is 0 Å². The second-order valence-electron chi connectivity index (χ2n) is 3.24. The third-order valence-corrected chi connectivity index (χ3v) is 2.62. The van der Waals surface area contributed by atoms with Gasteiger partial charge in [0, 0.05) is 13.1 Å². The zero-order valence-electron chi connectivity index (χ0n) is 6.05. The molecule has 58 valence electrons. The number of hydrogen-bond donors (Lipinski definition) is 1. The first kappa shape index (κ1) is 6.58. The van der Waals surface area contributed by atoms with E-state index in [1.807, 2.05) is 0 Å². The van der Waals surface area contributed by atoms with Crippen molar-refractivity contribution in [2.75, 3.05) is 19.7 Å². The lowest BCUT2D eigenvalue weighted by molar-refractivity contribution is -0.211. The van der Waals surface area contributed by atoms with E-state index in [0.29, 0.717) is 0 Å². The SMILES string of the molecule is ON1CCC2(CCO2)CC1. The Kier molecular flexibility index (Phi) is 1.44. The van der Waals surface area contributed by atoms with Gasteiger partial charge < -0.3 is 9.94 Å². The van der Waals surface area contributed by atoms with Crippen LogP contribution in [0.15, 0.2) is 0 Å². The summed E-state index contributed by atoms with van der Waals surface area (Å²) in [5, 5.41) is 10.4. The van der Waals surface area contributed by atoms with E-state index < -0.39 is 0 Å². The Balaban J connectivity index is 1.90. The van der Waals surface area contributed by atoms with Crippen molar-refractivity contribution in [2.45, 2.75) is 24.9 Å². The summed E-state index contributed by atoms with van der Waals surface area (Å²) in [6.45, 7) is 2.48. The lowest BCUT2D eigenvalue weighted by atomic mass is 9.85. The van der Waals surface area contributed by atoms with Gasteiger partial charge in [-0.3, -0.25) is 0 Å². The minimum atomic E-state index is 0.180. The van der Waals surface area contributed by atoms with Gasteiger partial charge in [-0.2, -0.15) is 5.06 Å². The van der Waals surface area contributed by atoms with Crippen LogP contribution in [0.5, 0.6) is 0 Å². The molecule has 2 heterocycles. The Bertz CT molecular complexity index is 124. The quantitative estimate of drug-likeness (QED) is 0.540.